The third-order valence-electron chi connectivity index (χ3n) is 3.03. The Balaban J connectivity index is 2.40. The van der Waals surface area contributed by atoms with Crippen molar-refractivity contribution in [2.45, 2.75) is 13.3 Å². The molecule has 5 nitrogen and oxygen atoms in total. The molecule has 0 amide bonds. The molecule has 6 heteroatoms. The van der Waals surface area contributed by atoms with Gasteiger partial charge in [0.25, 0.3) is 0 Å². The van der Waals surface area contributed by atoms with Gasteiger partial charge in [0.2, 0.25) is 11.8 Å². The third kappa shape index (κ3) is 3.92. The average molecular weight is 351 g/mol. The van der Waals surface area contributed by atoms with Gasteiger partial charge in [-0.25, -0.2) is 4.98 Å². The number of anilines is 2. The van der Waals surface area contributed by atoms with E-state index in [4.69, 9.17) is 10.5 Å². The van der Waals surface area contributed by atoms with Crippen molar-refractivity contribution in [1.29, 1.82) is 0 Å². The van der Waals surface area contributed by atoms with Crippen LogP contribution in [0.5, 0.6) is 5.88 Å². The fourth-order valence-corrected chi connectivity index (χ4v) is 2.36. The number of methoxy groups -OCH3 is 1. The summed E-state index contributed by atoms with van der Waals surface area (Å²) in [7, 11) is 1.59. The van der Waals surface area contributed by atoms with Gasteiger partial charge in [-0.1, -0.05) is 12.1 Å². The van der Waals surface area contributed by atoms with Crippen LogP contribution in [0.3, 0.4) is 0 Å². The minimum absolute atomic E-state index is 0.519. The molecule has 21 heavy (non-hydrogen) atoms. The van der Waals surface area contributed by atoms with Crippen molar-refractivity contribution in [3.63, 3.8) is 0 Å². The van der Waals surface area contributed by atoms with Crippen LogP contribution in [-0.2, 0) is 0 Å². The first kappa shape index (κ1) is 15.7. The maximum absolute atomic E-state index is 5.64. The lowest BCUT2D eigenvalue weighted by atomic mass is 10.2. The van der Waals surface area contributed by atoms with E-state index in [1.54, 1.807) is 13.3 Å². The first-order valence-electron chi connectivity index (χ1n) is 6.76. The molecule has 0 aliphatic carbocycles. The van der Waals surface area contributed by atoms with Crippen molar-refractivity contribution in [2.75, 3.05) is 25.1 Å². The van der Waals surface area contributed by atoms with Crippen LogP contribution >= 0.6 is 15.9 Å². The first-order chi connectivity index (χ1) is 10.2. The van der Waals surface area contributed by atoms with Gasteiger partial charge in [0.1, 0.15) is 0 Å². The minimum Gasteiger partial charge on any atom is -0.480 e. The zero-order valence-electron chi connectivity index (χ0n) is 12.2. The Labute approximate surface area is 133 Å². The molecule has 112 valence electrons. The van der Waals surface area contributed by atoms with Gasteiger partial charge in [-0.2, -0.15) is 4.98 Å². The number of rotatable bonds is 6. The fourth-order valence-electron chi connectivity index (χ4n) is 2.01. The summed E-state index contributed by atoms with van der Waals surface area (Å²) in [6.45, 7) is 3.44. The molecule has 1 heterocycles. The normalized spacial score (nSPS) is 10.5. The van der Waals surface area contributed by atoms with E-state index in [9.17, 15) is 0 Å². The fraction of sp³-hybridized carbons (Fsp3) is 0.333. The Morgan fingerprint density at radius 3 is 2.86 bits per heavy atom. The molecule has 0 bridgehead atoms. The molecule has 0 fully saturated rings. The number of ether oxygens (including phenoxy) is 1. The van der Waals surface area contributed by atoms with Gasteiger partial charge in [0.15, 0.2) is 0 Å². The molecule has 0 saturated heterocycles. The lowest BCUT2D eigenvalue weighted by Gasteiger charge is -2.23. The van der Waals surface area contributed by atoms with Gasteiger partial charge in [-0.05, 0) is 53.5 Å². The number of benzene rings is 1. The Hall–Kier alpha value is -1.66. The molecule has 2 aromatic rings. The molecule has 0 atom stereocenters. The number of nitrogens with zero attached hydrogens (tertiary/aromatic N) is 3. The molecule has 0 aliphatic heterocycles. The highest BCUT2D eigenvalue weighted by Gasteiger charge is 2.14. The van der Waals surface area contributed by atoms with Crippen molar-refractivity contribution in [1.82, 2.24) is 9.97 Å². The van der Waals surface area contributed by atoms with Crippen LogP contribution in [0.4, 0.5) is 11.6 Å². The molecule has 0 aliphatic rings. The maximum Gasteiger partial charge on any atom is 0.233 e. The molecule has 0 radical (unpaired) electrons. The Morgan fingerprint density at radius 1 is 1.38 bits per heavy atom. The second-order valence-corrected chi connectivity index (χ2v) is 5.51. The monoisotopic (exact) mass is 350 g/mol. The van der Waals surface area contributed by atoms with E-state index in [1.165, 1.54) is 5.56 Å². The van der Waals surface area contributed by atoms with E-state index in [-0.39, 0.29) is 0 Å². The van der Waals surface area contributed by atoms with Gasteiger partial charge in [0.05, 0.1) is 17.8 Å². The highest BCUT2D eigenvalue weighted by molar-refractivity contribution is 9.10. The number of aromatic nitrogens is 2. The zero-order valence-corrected chi connectivity index (χ0v) is 13.8. The van der Waals surface area contributed by atoms with Gasteiger partial charge in [-0.3, -0.25) is 0 Å². The van der Waals surface area contributed by atoms with Crippen LogP contribution in [0.1, 0.15) is 12.0 Å². The molecule has 1 aromatic heterocycles. The smallest absolute Gasteiger partial charge is 0.233 e. The molecule has 2 N–H and O–H groups in total. The molecular formula is C15H19BrN4O. The summed E-state index contributed by atoms with van der Waals surface area (Å²) < 4.78 is 5.98. The summed E-state index contributed by atoms with van der Waals surface area (Å²) in [6.07, 6.45) is 2.56. The highest BCUT2D eigenvalue weighted by atomic mass is 79.9. The average Bonchev–Trinajstić information content (AvgIpc) is 2.49. The molecule has 0 unspecified atom stereocenters. The molecule has 0 spiro atoms. The Bertz CT molecular complexity index is 606. The third-order valence-corrected chi connectivity index (χ3v) is 3.58. The predicted octanol–water partition coefficient (Wildman–Crippen LogP) is 3.04. The van der Waals surface area contributed by atoms with Crippen molar-refractivity contribution >= 4 is 27.6 Å². The lowest BCUT2D eigenvalue weighted by Crippen LogP contribution is -2.23. The highest BCUT2D eigenvalue weighted by Crippen LogP contribution is 2.28. The second kappa shape index (κ2) is 7.38. The Kier molecular flexibility index (Phi) is 5.52. The summed E-state index contributed by atoms with van der Waals surface area (Å²) in [5.74, 6) is 1.12. The zero-order chi connectivity index (χ0) is 15.2. The number of hydrogen-bond donors (Lipinski definition) is 1. The second-order valence-electron chi connectivity index (χ2n) is 4.66. The van der Waals surface area contributed by atoms with Crippen LogP contribution in [0.25, 0.3) is 0 Å². The standard InChI is InChI=1S/C15H19BrN4O/c1-11-5-3-6-12(9-11)20(8-4-7-17)15-18-10-13(16)14(19-15)21-2/h3,5-6,9-10H,4,7-8,17H2,1-2H3. The van der Waals surface area contributed by atoms with Gasteiger partial charge in [0, 0.05) is 12.2 Å². The molecule has 1 aromatic carbocycles. The summed E-state index contributed by atoms with van der Waals surface area (Å²) in [5, 5.41) is 0. The molecule has 0 saturated carbocycles. The van der Waals surface area contributed by atoms with Crippen molar-refractivity contribution in [2.24, 2.45) is 5.73 Å². The molecule has 2 rings (SSSR count). The van der Waals surface area contributed by atoms with Gasteiger partial charge < -0.3 is 15.4 Å². The topological polar surface area (TPSA) is 64.3 Å². The van der Waals surface area contributed by atoms with E-state index >= 15 is 0 Å². The Morgan fingerprint density at radius 2 is 2.19 bits per heavy atom. The van der Waals surface area contributed by atoms with Crippen LogP contribution in [0.2, 0.25) is 0 Å². The van der Waals surface area contributed by atoms with Crippen LogP contribution in [-0.4, -0.2) is 30.2 Å². The number of aryl methyl sites for hydroxylation is 1. The first-order valence-corrected chi connectivity index (χ1v) is 7.56. The van der Waals surface area contributed by atoms with E-state index in [0.717, 1.165) is 23.1 Å². The van der Waals surface area contributed by atoms with Crippen molar-refractivity contribution in [3.05, 3.63) is 40.5 Å². The maximum atomic E-state index is 5.64. The lowest BCUT2D eigenvalue weighted by molar-refractivity contribution is 0.394. The van der Waals surface area contributed by atoms with Crippen molar-refractivity contribution in [3.8, 4) is 5.88 Å². The number of nitrogens with two attached hydrogens (primary N) is 1. The van der Waals surface area contributed by atoms with Crippen molar-refractivity contribution < 1.29 is 4.74 Å². The van der Waals surface area contributed by atoms with E-state index < -0.39 is 0 Å². The predicted molar refractivity (Wildman–Crippen MR) is 88.1 cm³/mol. The minimum atomic E-state index is 0.519. The molecular weight excluding hydrogens is 332 g/mol. The SMILES string of the molecule is COc1nc(N(CCCN)c2cccc(C)c2)ncc1Br. The summed E-state index contributed by atoms with van der Waals surface area (Å²) in [6, 6.07) is 8.24. The van der Waals surface area contributed by atoms with E-state index in [1.807, 2.05) is 12.1 Å². The van der Waals surface area contributed by atoms with Gasteiger partial charge >= 0.3 is 0 Å². The summed E-state index contributed by atoms with van der Waals surface area (Å²) in [4.78, 5) is 10.9. The van der Waals surface area contributed by atoms with Crippen LogP contribution in [0.15, 0.2) is 34.9 Å². The van der Waals surface area contributed by atoms with E-state index in [2.05, 4.69) is 49.9 Å². The summed E-state index contributed by atoms with van der Waals surface area (Å²) >= 11 is 3.37. The largest absolute Gasteiger partial charge is 0.480 e. The quantitative estimate of drug-likeness (QED) is 0.867. The number of hydrogen-bond acceptors (Lipinski definition) is 5. The van der Waals surface area contributed by atoms with Gasteiger partial charge in [-0.15, -0.1) is 0 Å². The van der Waals surface area contributed by atoms with Crippen LogP contribution in [0, 0.1) is 6.92 Å². The summed E-state index contributed by atoms with van der Waals surface area (Å²) in [5.41, 5.74) is 7.88. The van der Waals surface area contributed by atoms with Crippen LogP contribution < -0.4 is 15.4 Å². The van der Waals surface area contributed by atoms with E-state index in [0.29, 0.717) is 18.4 Å². The number of halogens is 1.